The Morgan fingerprint density at radius 2 is 0.852 bits per heavy atom. The number of hydrogen-bond acceptors (Lipinski definition) is 6. The van der Waals surface area contributed by atoms with Gasteiger partial charge >= 0.3 is 0 Å². The normalized spacial score (nSPS) is 11.0. The minimum atomic E-state index is 0.424. The van der Waals surface area contributed by atoms with Crippen molar-refractivity contribution in [3.05, 3.63) is 0 Å². The molecule has 0 aromatic heterocycles. The summed E-state index contributed by atoms with van der Waals surface area (Å²) in [6.45, 7) is 8.14. The zero-order valence-corrected chi connectivity index (χ0v) is 17.4. The highest BCUT2D eigenvalue weighted by Crippen LogP contribution is 2.08. The summed E-state index contributed by atoms with van der Waals surface area (Å²) in [6.07, 6.45) is 11.0. The van der Waals surface area contributed by atoms with Gasteiger partial charge in [0.2, 0.25) is 0 Å². The van der Waals surface area contributed by atoms with Gasteiger partial charge in [0.05, 0.1) is 72.0 Å². The molecule has 0 atom stereocenters. The first-order valence-electron chi connectivity index (χ1n) is 10.7. The number of nitrogens with zero attached hydrogens (tertiary/aromatic N) is 1. The molecule has 0 N–H and O–H groups in total. The lowest BCUT2D eigenvalue weighted by Crippen LogP contribution is -2.13. The minimum Gasteiger partial charge on any atom is -0.379 e. The monoisotopic (exact) mass is 387 g/mol. The first-order chi connectivity index (χ1) is 13.4. The van der Waals surface area contributed by atoms with E-state index in [1.807, 2.05) is 6.07 Å². The zero-order chi connectivity index (χ0) is 19.7. The lowest BCUT2D eigenvalue weighted by Gasteiger charge is -2.07. The fourth-order valence-corrected chi connectivity index (χ4v) is 2.44. The van der Waals surface area contributed by atoms with Crippen LogP contribution in [0, 0.1) is 11.3 Å². The lowest BCUT2D eigenvalue weighted by atomic mass is 10.1. The second-order valence-electron chi connectivity index (χ2n) is 6.44. The maximum Gasteiger partial charge on any atom is 0.0701 e. The molecule has 0 fully saturated rings. The van der Waals surface area contributed by atoms with E-state index in [-0.39, 0.29) is 0 Å². The van der Waals surface area contributed by atoms with Gasteiger partial charge in [-0.1, -0.05) is 51.9 Å². The van der Waals surface area contributed by atoms with Gasteiger partial charge in [-0.25, -0.2) is 0 Å². The first kappa shape index (κ1) is 26.3. The van der Waals surface area contributed by atoms with Crippen LogP contribution in [0.2, 0.25) is 0 Å². The van der Waals surface area contributed by atoms with Crippen LogP contribution in [0.3, 0.4) is 0 Å². The van der Waals surface area contributed by atoms with Gasteiger partial charge in [-0.05, 0) is 6.42 Å². The highest BCUT2D eigenvalue weighted by molar-refractivity contribution is 4.66. The summed E-state index contributed by atoms with van der Waals surface area (Å²) < 4.78 is 27.0. The van der Waals surface area contributed by atoms with Crippen molar-refractivity contribution in [2.24, 2.45) is 0 Å². The topological polar surface area (TPSA) is 69.9 Å². The fourth-order valence-electron chi connectivity index (χ4n) is 2.44. The van der Waals surface area contributed by atoms with Crippen molar-refractivity contribution in [1.82, 2.24) is 0 Å². The van der Waals surface area contributed by atoms with E-state index < -0.39 is 0 Å². The summed E-state index contributed by atoms with van der Waals surface area (Å²) >= 11 is 0. The molecule has 0 bridgehead atoms. The second-order valence-corrected chi connectivity index (χ2v) is 6.44. The van der Waals surface area contributed by atoms with E-state index in [1.54, 1.807) is 0 Å². The van der Waals surface area contributed by atoms with E-state index in [0.717, 1.165) is 13.0 Å². The quantitative estimate of drug-likeness (QED) is 0.246. The number of nitriles is 1. The molecule has 0 aliphatic rings. The van der Waals surface area contributed by atoms with E-state index in [0.29, 0.717) is 65.9 Å². The predicted molar refractivity (Wildman–Crippen MR) is 107 cm³/mol. The molecule has 0 amide bonds. The summed E-state index contributed by atoms with van der Waals surface area (Å²) in [7, 11) is 0. The highest BCUT2D eigenvalue weighted by atomic mass is 16.6. The number of unbranched alkanes of at least 4 members (excludes halogenated alkanes) is 7. The molecular weight excluding hydrogens is 346 g/mol. The Labute approximate surface area is 166 Å². The Balaban J connectivity index is 2.96. The third-order valence-electron chi connectivity index (χ3n) is 3.99. The molecule has 6 nitrogen and oxygen atoms in total. The Morgan fingerprint density at radius 1 is 0.481 bits per heavy atom. The second kappa shape index (κ2) is 25.3. The average Bonchev–Trinajstić information content (AvgIpc) is 2.68. The predicted octanol–water partition coefficient (Wildman–Crippen LogP) is 4.12. The van der Waals surface area contributed by atoms with E-state index >= 15 is 0 Å². The van der Waals surface area contributed by atoms with Crippen LogP contribution in [0.15, 0.2) is 0 Å². The van der Waals surface area contributed by atoms with Crippen molar-refractivity contribution in [2.75, 3.05) is 66.1 Å². The standard InChI is InChI=1S/C21H41NO5/c1-2-3-4-5-6-7-8-9-12-23-14-16-25-18-20-27-21-19-26-17-15-24-13-10-11-22/h2-10,12-21H2,1H3. The van der Waals surface area contributed by atoms with E-state index in [9.17, 15) is 0 Å². The molecule has 0 saturated heterocycles. The zero-order valence-electron chi connectivity index (χ0n) is 17.4. The van der Waals surface area contributed by atoms with Gasteiger partial charge in [-0.15, -0.1) is 0 Å². The first-order valence-corrected chi connectivity index (χ1v) is 10.7. The van der Waals surface area contributed by atoms with Gasteiger partial charge in [0.25, 0.3) is 0 Å². The Morgan fingerprint density at radius 3 is 1.30 bits per heavy atom. The van der Waals surface area contributed by atoms with Crippen LogP contribution in [-0.2, 0) is 23.7 Å². The molecule has 0 aromatic rings. The Bertz CT molecular complexity index is 309. The number of hydrogen-bond donors (Lipinski definition) is 0. The number of ether oxygens (including phenoxy) is 5. The van der Waals surface area contributed by atoms with Crippen LogP contribution in [0.25, 0.3) is 0 Å². The molecule has 0 saturated carbocycles. The fraction of sp³-hybridized carbons (Fsp3) is 0.952. The summed E-state index contributed by atoms with van der Waals surface area (Å²) in [5.74, 6) is 0. The summed E-state index contributed by atoms with van der Waals surface area (Å²) in [6, 6.07) is 2.03. The van der Waals surface area contributed by atoms with Crippen LogP contribution in [0.1, 0.15) is 64.7 Å². The molecule has 0 unspecified atom stereocenters. The molecule has 0 heterocycles. The summed E-state index contributed by atoms with van der Waals surface area (Å²) in [5.41, 5.74) is 0. The SMILES string of the molecule is CCCCCCCCCCOCCOCCOCCOCCOCCC#N. The van der Waals surface area contributed by atoms with Gasteiger partial charge in [0, 0.05) is 6.61 Å². The lowest BCUT2D eigenvalue weighted by molar-refractivity contribution is -0.0109. The molecule has 0 aromatic carbocycles. The van der Waals surface area contributed by atoms with E-state index in [4.69, 9.17) is 28.9 Å². The van der Waals surface area contributed by atoms with Crippen molar-refractivity contribution in [1.29, 1.82) is 5.26 Å². The third-order valence-corrected chi connectivity index (χ3v) is 3.99. The molecule has 6 heteroatoms. The maximum atomic E-state index is 8.34. The molecular formula is C21H41NO5. The molecule has 0 aliphatic heterocycles. The average molecular weight is 388 g/mol. The summed E-state index contributed by atoms with van der Waals surface area (Å²) in [4.78, 5) is 0. The molecule has 0 rings (SSSR count). The van der Waals surface area contributed by atoms with E-state index in [1.165, 1.54) is 44.9 Å². The van der Waals surface area contributed by atoms with Crippen molar-refractivity contribution in [3.8, 4) is 6.07 Å². The van der Waals surface area contributed by atoms with Crippen LogP contribution in [-0.4, -0.2) is 66.1 Å². The molecule has 0 radical (unpaired) electrons. The van der Waals surface area contributed by atoms with Crippen molar-refractivity contribution in [3.63, 3.8) is 0 Å². The molecule has 160 valence electrons. The van der Waals surface area contributed by atoms with Crippen molar-refractivity contribution < 1.29 is 23.7 Å². The highest BCUT2D eigenvalue weighted by Gasteiger charge is 1.95. The van der Waals surface area contributed by atoms with Crippen molar-refractivity contribution in [2.45, 2.75) is 64.7 Å². The Kier molecular flexibility index (Phi) is 24.6. The van der Waals surface area contributed by atoms with Crippen LogP contribution < -0.4 is 0 Å². The van der Waals surface area contributed by atoms with Gasteiger partial charge in [-0.3, -0.25) is 0 Å². The molecule has 0 aliphatic carbocycles. The smallest absolute Gasteiger partial charge is 0.0701 e. The maximum absolute atomic E-state index is 8.34. The van der Waals surface area contributed by atoms with Crippen LogP contribution >= 0.6 is 0 Å². The molecule has 27 heavy (non-hydrogen) atoms. The van der Waals surface area contributed by atoms with Crippen molar-refractivity contribution >= 4 is 0 Å². The van der Waals surface area contributed by atoms with Crippen LogP contribution in [0.4, 0.5) is 0 Å². The minimum absolute atomic E-state index is 0.424. The van der Waals surface area contributed by atoms with Gasteiger partial charge < -0.3 is 23.7 Å². The molecule has 0 spiro atoms. The van der Waals surface area contributed by atoms with Gasteiger partial charge in [0.15, 0.2) is 0 Å². The summed E-state index contributed by atoms with van der Waals surface area (Å²) in [5, 5.41) is 8.34. The Hall–Kier alpha value is -0.710. The van der Waals surface area contributed by atoms with Gasteiger partial charge in [0.1, 0.15) is 0 Å². The van der Waals surface area contributed by atoms with Crippen LogP contribution in [0.5, 0.6) is 0 Å². The van der Waals surface area contributed by atoms with E-state index in [2.05, 4.69) is 6.92 Å². The third kappa shape index (κ3) is 25.3. The largest absolute Gasteiger partial charge is 0.379 e. The number of rotatable bonds is 23. The van der Waals surface area contributed by atoms with Gasteiger partial charge in [-0.2, -0.15) is 5.26 Å².